The van der Waals surface area contributed by atoms with Crippen LogP contribution in [0.15, 0.2) is 0 Å². The summed E-state index contributed by atoms with van der Waals surface area (Å²) < 4.78 is 0. The van der Waals surface area contributed by atoms with Crippen molar-refractivity contribution in [3.05, 3.63) is 0 Å². The van der Waals surface area contributed by atoms with Crippen LogP contribution in [0.1, 0.15) is 0 Å². The molecule has 0 aromatic rings. The fourth-order valence-electron chi connectivity index (χ4n) is 0. The molecule has 2 N–H and O–H groups in total. The third-order valence-electron chi connectivity index (χ3n) is 0. The number of carboxylic acid groups (broad SMARTS) is 2. The standard InChI is InChI=1S/CH2O3.Li.Pb.3H/c2-1(3)4;;;;;/h(H2,2,3,4);;;;;. The summed E-state index contributed by atoms with van der Waals surface area (Å²) in [5, 5.41) is 13.9. The van der Waals surface area contributed by atoms with Crippen molar-refractivity contribution >= 4 is 52.3 Å². The Morgan fingerprint density at radius 1 is 1.33 bits per heavy atom. The first-order chi connectivity index (χ1) is 1.73. The number of hydrogen-bond donors (Lipinski definition) is 2. The van der Waals surface area contributed by atoms with Crippen molar-refractivity contribution < 1.29 is 15.0 Å². The molecule has 0 aromatic heterocycles. The van der Waals surface area contributed by atoms with Crippen LogP contribution in [0.4, 0.5) is 4.79 Å². The van der Waals surface area contributed by atoms with Crippen molar-refractivity contribution in [3.8, 4) is 0 Å². The van der Waals surface area contributed by atoms with Crippen LogP contribution in [0.2, 0.25) is 0 Å². The van der Waals surface area contributed by atoms with E-state index in [1.54, 1.807) is 0 Å². The molecule has 0 bridgehead atoms. The van der Waals surface area contributed by atoms with Gasteiger partial charge in [-0.25, -0.2) is 4.79 Å². The second-order valence-corrected chi connectivity index (χ2v) is 0.283. The Labute approximate surface area is 67.1 Å². The summed E-state index contributed by atoms with van der Waals surface area (Å²) in [6, 6.07) is 0. The van der Waals surface area contributed by atoms with E-state index in [2.05, 4.69) is 0 Å². The normalized spacial score (nSPS) is 4.00. The molecule has 0 aliphatic heterocycles. The Balaban J connectivity index is -0.0000000450. The maximum absolute atomic E-state index is 8.56. The van der Waals surface area contributed by atoms with Gasteiger partial charge in [-0.15, -0.1) is 0 Å². The topological polar surface area (TPSA) is 57.5 Å². The summed E-state index contributed by atoms with van der Waals surface area (Å²) in [6.07, 6.45) is -1.83. The van der Waals surface area contributed by atoms with Gasteiger partial charge in [0.25, 0.3) is 0 Å². The van der Waals surface area contributed by atoms with Crippen LogP contribution in [0, 0.1) is 0 Å². The van der Waals surface area contributed by atoms with E-state index in [9.17, 15) is 0 Å². The van der Waals surface area contributed by atoms with Crippen molar-refractivity contribution in [1.29, 1.82) is 0 Å². The second-order valence-electron chi connectivity index (χ2n) is 0.283. The van der Waals surface area contributed by atoms with E-state index < -0.39 is 6.16 Å². The van der Waals surface area contributed by atoms with E-state index in [-0.39, 0.29) is 46.2 Å². The van der Waals surface area contributed by atoms with E-state index in [0.29, 0.717) is 0 Å². The summed E-state index contributed by atoms with van der Waals surface area (Å²) in [4.78, 5) is 8.56. The molecule has 32 valence electrons. The van der Waals surface area contributed by atoms with Crippen LogP contribution < -0.4 is 0 Å². The fraction of sp³-hybridized carbons (Fsp3) is 0. The molecule has 0 spiro atoms. The van der Waals surface area contributed by atoms with Crippen LogP contribution in [0.3, 0.4) is 0 Å². The Bertz CT molecular complexity index is 33.8. The van der Waals surface area contributed by atoms with Gasteiger partial charge in [0.05, 0.1) is 0 Å². The number of hydrogen-bond acceptors (Lipinski definition) is 1. The first kappa shape index (κ1) is 15.8. The Morgan fingerprint density at radius 3 is 1.33 bits per heavy atom. The molecule has 0 fully saturated rings. The second kappa shape index (κ2) is 9.25. The first-order valence-electron chi connectivity index (χ1n) is 0.651. The zero-order valence-corrected chi connectivity index (χ0v) is 8.01. The van der Waals surface area contributed by atoms with E-state index in [4.69, 9.17) is 15.0 Å². The van der Waals surface area contributed by atoms with Gasteiger partial charge in [-0.3, -0.25) is 0 Å². The van der Waals surface area contributed by atoms with E-state index in [1.165, 1.54) is 0 Å². The van der Waals surface area contributed by atoms with E-state index in [0.717, 1.165) is 0 Å². The Hall–Kier alpha value is 0.789. The summed E-state index contributed by atoms with van der Waals surface area (Å²) in [5.41, 5.74) is 0. The first-order valence-corrected chi connectivity index (χ1v) is 0.651. The minimum absolute atomic E-state index is 0. The average Bonchev–Trinajstić information content (AvgIpc) is 0.811. The molecule has 6 heavy (non-hydrogen) atoms. The van der Waals surface area contributed by atoms with Crippen molar-refractivity contribution in [1.82, 2.24) is 0 Å². The fourth-order valence-corrected chi connectivity index (χ4v) is 0. The molecule has 0 aliphatic carbocycles. The molecule has 2 radical (unpaired) electrons. The number of carbonyl (C=O) groups is 1. The number of rotatable bonds is 0. The molecule has 0 amide bonds. The zero-order valence-electron chi connectivity index (χ0n) is 2.51. The molecule has 0 unspecified atom stereocenters. The van der Waals surface area contributed by atoms with Crippen LogP contribution in [0.25, 0.3) is 0 Å². The van der Waals surface area contributed by atoms with Gasteiger partial charge in [0, 0.05) is 0 Å². The zero-order chi connectivity index (χ0) is 3.58. The minimum atomic E-state index is -1.83. The quantitative estimate of drug-likeness (QED) is 0.540. The van der Waals surface area contributed by atoms with Gasteiger partial charge in [-0.2, -0.15) is 0 Å². The predicted molar refractivity (Wildman–Crippen MR) is 26.3 cm³/mol. The molecule has 0 saturated carbocycles. The summed E-state index contributed by atoms with van der Waals surface area (Å²) in [5.74, 6) is 0. The van der Waals surface area contributed by atoms with Crippen molar-refractivity contribution in [2.24, 2.45) is 0 Å². The third kappa shape index (κ3) is 110. The molecule has 0 heterocycles. The molecular weight excluding hydrogens is 274 g/mol. The van der Waals surface area contributed by atoms with E-state index in [1.807, 2.05) is 0 Å². The molecule has 0 aromatic carbocycles. The van der Waals surface area contributed by atoms with Gasteiger partial charge in [0.2, 0.25) is 0 Å². The molecular formula is CH5LiO3Pb. The molecule has 0 saturated heterocycles. The van der Waals surface area contributed by atoms with Crippen molar-refractivity contribution in [3.63, 3.8) is 0 Å². The van der Waals surface area contributed by atoms with Gasteiger partial charge >= 0.3 is 52.3 Å². The van der Waals surface area contributed by atoms with Crippen molar-refractivity contribution in [2.75, 3.05) is 0 Å². The average molecular weight is 279 g/mol. The SMILES string of the molecule is O=C(O)O.[LiH].[PbH2]. The van der Waals surface area contributed by atoms with Gasteiger partial charge in [-0.05, 0) is 0 Å². The van der Waals surface area contributed by atoms with Crippen LogP contribution in [-0.4, -0.2) is 62.5 Å². The molecule has 3 nitrogen and oxygen atoms in total. The van der Waals surface area contributed by atoms with Gasteiger partial charge in [-0.1, -0.05) is 0 Å². The van der Waals surface area contributed by atoms with Crippen LogP contribution >= 0.6 is 0 Å². The van der Waals surface area contributed by atoms with Gasteiger partial charge < -0.3 is 10.2 Å². The molecule has 0 rings (SSSR count). The van der Waals surface area contributed by atoms with Gasteiger partial charge in [0.15, 0.2) is 0 Å². The van der Waals surface area contributed by atoms with Crippen molar-refractivity contribution in [2.45, 2.75) is 0 Å². The Morgan fingerprint density at radius 2 is 1.33 bits per heavy atom. The molecule has 5 heteroatoms. The maximum atomic E-state index is 8.56. The van der Waals surface area contributed by atoms with Gasteiger partial charge in [0.1, 0.15) is 0 Å². The summed E-state index contributed by atoms with van der Waals surface area (Å²) in [7, 11) is 0. The summed E-state index contributed by atoms with van der Waals surface area (Å²) in [6.45, 7) is 0. The summed E-state index contributed by atoms with van der Waals surface area (Å²) >= 11 is 0. The molecule has 0 atom stereocenters. The van der Waals surface area contributed by atoms with Crippen LogP contribution in [-0.2, 0) is 0 Å². The van der Waals surface area contributed by atoms with Crippen LogP contribution in [0.5, 0.6) is 0 Å². The molecule has 0 aliphatic rings. The van der Waals surface area contributed by atoms with E-state index >= 15 is 0 Å². The predicted octanol–water partition coefficient (Wildman–Crippen LogP) is -1.34. The monoisotopic (exact) mass is 280 g/mol. The third-order valence-corrected chi connectivity index (χ3v) is 0. The Kier molecular flexibility index (Phi) is 24.4.